The number of hydrogen-bond acceptors (Lipinski definition) is 5. The fourth-order valence-corrected chi connectivity index (χ4v) is 3.12. The number of pyridine rings is 1. The Balaban J connectivity index is 1.80. The quantitative estimate of drug-likeness (QED) is 0.698. The van der Waals surface area contributed by atoms with E-state index in [4.69, 9.17) is 9.47 Å². The topological polar surface area (TPSA) is 54.9 Å². The standard InChI is InChI=1S/C17H22F3N3O3/c1-10-7-23-12(8-22(10)15(24)26-16(2,3)4)9-25-13-5-11(17(18,19)20)6-21-14(13)23/h5-6,10,12H,7-9H2,1-4H3. The molecule has 9 heteroatoms. The second kappa shape index (κ2) is 6.21. The Morgan fingerprint density at radius 2 is 2.00 bits per heavy atom. The van der Waals surface area contributed by atoms with Crippen molar-refractivity contribution in [2.45, 2.75) is 51.6 Å². The van der Waals surface area contributed by atoms with Gasteiger partial charge in [0, 0.05) is 25.3 Å². The normalized spacial score (nSPS) is 23.0. The van der Waals surface area contributed by atoms with Crippen LogP contribution in [0.25, 0.3) is 0 Å². The molecule has 6 nitrogen and oxygen atoms in total. The molecular weight excluding hydrogens is 351 g/mol. The maximum absolute atomic E-state index is 12.9. The minimum absolute atomic E-state index is 0.119. The van der Waals surface area contributed by atoms with Crippen LogP contribution in [-0.4, -0.2) is 53.4 Å². The van der Waals surface area contributed by atoms with Crippen molar-refractivity contribution in [1.82, 2.24) is 9.88 Å². The maximum Gasteiger partial charge on any atom is 0.418 e. The van der Waals surface area contributed by atoms with Gasteiger partial charge in [0.1, 0.15) is 12.2 Å². The molecule has 0 bridgehead atoms. The van der Waals surface area contributed by atoms with Crippen LogP contribution in [0, 0.1) is 0 Å². The molecule has 2 aliphatic rings. The van der Waals surface area contributed by atoms with Gasteiger partial charge in [-0.25, -0.2) is 9.78 Å². The number of amides is 1. The number of rotatable bonds is 0. The highest BCUT2D eigenvalue weighted by atomic mass is 19.4. The molecule has 0 saturated carbocycles. The number of carbonyl (C=O) groups is 1. The summed E-state index contributed by atoms with van der Waals surface area (Å²) in [4.78, 5) is 19.9. The first-order valence-corrected chi connectivity index (χ1v) is 8.42. The molecule has 2 atom stereocenters. The lowest BCUT2D eigenvalue weighted by Crippen LogP contribution is -2.62. The summed E-state index contributed by atoms with van der Waals surface area (Å²) in [6.45, 7) is 8.26. The number of nitrogens with zero attached hydrogens (tertiary/aromatic N) is 3. The molecule has 0 aromatic carbocycles. The third kappa shape index (κ3) is 3.66. The van der Waals surface area contributed by atoms with E-state index in [0.717, 1.165) is 12.3 Å². The lowest BCUT2D eigenvalue weighted by Gasteiger charge is -2.47. The summed E-state index contributed by atoms with van der Waals surface area (Å²) >= 11 is 0. The predicted molar refractivity (Wildman–Crippen MR) is 88.3 cm³/mol. The predicted octanol–water partition coefficient (Wildman–Crippen LogP) is 3.31. The molecule has 1 fully saturated rings. The molecule has 1 saturated heterocycles. The Hall–Kier alpha value is -2.19. The van der Waals surface area contributed by atoms with Gasteiger partial charge in [-0.3, -0.25) is 0 Å². The van der Waals surface area contributed by atoms with E-state index in [1.165, 1.54) is 0 Å². The monoisotopic (exact) mass is 373 g/mol. The molecule has 144 valence electrons. The average molecular weight is 373 g/mol. The van der Waals surface area contributed by atoms with Crippen LogP contribution >= 0.6 is 0 Å². The van der Waals surface area contributed by atoms with Gasteiger partial charge in [0.25, 0.3) is 0 Å². The van der Waals surface area contributed by atoms with Crippen molar-refractivity contribution in [3.05, 3.63) is 17.8 Å². The van der Waals surface area contributed by atoms with E-state index in [1.54, 1.807) is 25.7 Å². The Morgan fingerprint density at radius 1 is 1.31 bits per heavy atom. The summed E-state index contributed by atoms with van der Waals surface area (Å²) in [5, 5.41) is 0. The van der Waals surface area contributed by atoms with E-state index in [1.807, 2.05) is 11.8 Å². The molecule has 1 amide bonds. The number of anilines is 1. The van der Waals surface area contributed by atoms with Gasteiger partial charge in [0.2, 0.25) is 0 Å². The molecule has 1 aromatic heterocycles. The van der Waals surface area contributed by atoms with Gasteiger partial charge in [-0.15, -0.1) is 0 Å². The maximum atomic E-state index is 12.9. The smallest absolute Gasteiger partial charge is 0.418 e. The van der Waals surface area contributed by atoms with Crippen molar-refractivity contribution in [2.24, 2.45) is 0 Å². The molecule has 1 aromatic rings. The van der Waals surface area contributed by atoms with Crippen molar-refractivity contribution in [3.63, 3.8) is 0 Å². The summed E-state index contributed by atoms with van der Waals surface area (Å²) in [5.74, 6) is 0.499. The van der Waals surface area contributed by atoms with Crippen LogP contribution in [0.15, 0.2) is 12.3 Å². The third-order valence-corrected chi connectivity index (χ3v) is 4.33. The number of ether oxygens (including phenoxy) is 2. The van der Waals surface area contributed by atoms with Crippen molar-refractivity contribution < 1.29 is 27.4 Å². The van der Waals surface area contributed by atoms with Crippen LogP contribution in [0.3, 0.4) is 0 Å². The lowest BCUT2D eigenvalue weighted by atomic mass is 10.1. The fraction of sp³-hybridized carbons (Fsp3) is 0.647. The number of carbonyl (C=O) groups excluding carboxylic acids is 1. The Bertz CT molecular complexity index is 703. The highest BCUT2D eigenvalue weighted by molar-refractivity contribution is 5.69. The first-order valence-electron chi connectivity index (χ1n) is 8.42. The average Bonchev–Trinajstić information content (AvgIpc) is 2.51. The number of hydrogen-bond donors (Lipinski definition) is 0. The lowest BCUT2D eigenvalue weighted by molar-refractivity contribution is -0.138. The third-order valence-electron chi connectivity index (χ3n) is 4.33. The van der Waals surface area contributed by atoms with Gasteiger partial charge >= 0.3 is 12.3 Å². The molecule has 3 rings (SSSR count). The van der Waals surface area contributed by atoms with Crippen LogP contribution in [0.5, 0.6) is 5.75 Å². The van der Waals surface area contributed by atoms with Gasteiger partial charge in [-0.05, 0) is 33.8 Å². The largest absolute Gasteiger partial charge is 0.487 e. The van der Waals surface area contributed by atoms with E-state index in [2.05, 4.69) is 4.98 Å². The molecule has 2 aliphatic heterocycles. The number of aromatic nitrogens is 1. The minimum Gasteiger partial charge on any atom is -0.487 e. The van der Waals surface area contributed by atoms with E-state index < -0.39 is 23.4 Å². The first-order chi connectivity index (χ1) is 12.0. The molecule has 2 unspecified atom stereocenters. The summed E-state index contributed by atoms with van der Waals surface area (Å²) < 4.78 is 49.5. The van der Waals surface area contributed by atoms with Crippen LogP contribution in [0.2, 0.25) is 0 Å². The van der Waals surface area contributed by atoms with E-state index in [0.29, 0.717) is 18.9 Å². The van der Waals surface area contributed by atoms with Crippen molar-refractivity contribution in [1.29, 1.82) is 0 Å². The molecule has 26 heavy (non-hydrogen) atoms. The van der Waals surface area contributed by atoms with Crippen LogP contribution in [-0.2, 0) is 10.9 Å². The van der Waals surface area contributed by atoms with Crippen LogP contribution < -0.4 is 9.64 Å². The van der Waals surface area contributed by atoms with Crippen molar-refractivity contribution in [3.8, 4) is 5.75 Å². The second-order valence-corrected chi connectivity index (χ2v) is 7.64. The number of halogens is 3. The SMILES string of the molecule is CC1CN2c3ncc(C(F)(F)F)cc3OCC2CN1C(=O)OC(C)(C)C. The van der Waals surface area contributed by atoms with E-state index >= 15 is 0 Å². The molecular formula is C17H22F3N3O3. The van der Waals surface area contributed by atoms with Crippen LogP contribution in [0.4, 0.5) is 23.8 Å². The summed E-state index contributed by atoms with van der Waals surface area (Å²) in [7, 11) is 0. The zero-order valence-corrected chi connectivity index (χ0v) is 15.1. The number of piperazine rings is 1. The summed E-state index contributed by atoms with van der Waals surface area (Å²) in [5.41, 5.74) is -1.44. The second-order valence-electron chi connectivity index (χ2n) is 7.64. The molecule has 0 N–H and O–H groups in total. The minimum atomic E-state index is -4.47. The molecule has 0 aliphatic carbocycles. The van der Waals surface area contributed by atoms with Gasteiger partial charge in [0.05, 0.1) is 11.6 Å². The van der Waals surface area contributed by atoms with E-state index in [-0.39, 0.29) is 24.4 Å². The Morgan fingerprint density at radius 3 is 2.62 bits per heavy atom. The molecule has 0 spiro atoms. The Kier molecular flexibility index (Phi) is 4.44. The summed E-state index contributed by atoms with van der Waals surface area (Å²) in [6.07, 6.45) is -4.06. The van der Waals surface area contributed by atoms with Crippen molar-refractivity contribution in [2.75, 3.05) is 24.6 Å². The van der Waals surface area contributed by atoms with Gasteiger partial charge in [-0.1, -0.05) is 0 Å². The highest BCUT2D eigenvalue weighted by Gasteiger charge is 2.41. The number of alkyl halides is 3. The highest BCUT2D eigenvalue weighted by Crippen LogP contribution is 2.39. The Labute approximate surface area is 149 Å². The molecule has 3 heterocycles. The van der Waals surface area contributed by atoms with Gasteiger partial charge in [-0.2, -0.15) is 13.2 Å². The number of fused-ring (bicyclic) bond motifs is 3. The van der Waals surface area contributed by atoms with Gasteiger partial charge in [0.15, 0.2) is 11.6 Å². The zero-order chi connectivity index (χ0) is 19.3. The van der Waals surface area contributed by atoms with Crippen molar-refractivity contribution >= 4 is 11.9 Å². The zero-order valence-electron chi connectivity index (χ0n) is 15.1. The van der Waals surface area contributed by atoms with Crippen LogP contribution in [0.1, 0.15) is 33.3 Å². The van der Waals surface area contributed by atoms with E-state index in [9.17, 15) is 18.0 Å². The fourth-order valence-electron chi connectivity index (χ4n) is 3.12. The summed E-state index contributed by atoms with van der Waals surface area (Å²) in [6, 6.07) is 0.621. The first kappa shape index (κ1) is 18.6. The molecule has 0 radical (unpaired) electrons. The van der Waals surface area contributed by atoms with Gasteiger partial charge < -0.3 is 19.3 Å².